The third kappa shape index (κ3) is 2.96. The topological polar surface area (TPSA) is 26.0 Å². The highest BCUT2D eigenvalue weighted by atomic mass is 35.5. The third-order valence-electron chi connectivity index (χ3n) is 3.35. The maximum atomic E-state index is 13.6. The van der Waals surface area contributed by atoms with E-state index in [4.69, 9.17) is 17.3 Å². The van der Waals surface area contributed by atoms with Crippen molar-refractivity contribution in [2.45, 2.75) is 38.1 Å². The molecule has 1 fully saturated rings. The van der Waals surface area contributed by atoms with Gasteiger partial charge in [-0.1, -0.05) is 30.5 Å². The van der Waals surface area contributed by atoms with Crippen molar-refractivity contribution in [3.63, 3.8) is 0 Å². The first-order valence-corrected chi connectivity index (χ1v) is 6.22. The molecule has 0 aliphatic heterocycles. The summed E-state index contributed by atoms with van der Waals surface area (Å²) in [6.45, 7) is 0. The lowest BCUT2D eigenvalue weighted by molar-refractivity contribution is 0.318. The van der Waals surface area contributed by atoms with Crippen molar-refractivity contribution in [2.24, 2.45) is 11.7 Å². The number of nitrogens with two attached hydrogens (primary N) is 1. The van der Waals surface area contributed by atoms with E-state index in [9.17, 15) is 4.39 Å². The fraction of sp³-hybridized carbons (Fsp3) is 0.538. The van der Waals surface area contributed by atoms with Crippen molar-refractivity contribution in [3.8, 4) is 0 Å². The van der Waals surface area contributed by atoms with Gasteiger partial charge in [-0.15, -0.1) is 0 Å². The number of benzene rings is 1. The maximum Gasteiger partial charge on any atom is 0.127 e. The average Bonchev–Trinajstić information content (AvgIpc) is 2.22. The van der Waals surface area contributed by atoms with Gasteiger partial charge in [0.15, 0.2) is 0 Å². The first-order chi connectivity index (χ1) is 7.65. The summed E-state index contributed by atoms with van der Waals surface area (Å²) in [4.78, 5) is 0. The van der Waals surface area contributed by atoms with E-state index in [1.807, 2.05) is 0 Å². The molecule has 2 N–H and O–H groups in total. The van der Waals surface area contributed by atoms with Crippen molar-refractivity contribution in [2.75, 3.05) is 0 Å². The van der Waals surface area contributed by atoms with Gasteiger partial charge in [-0.05, 0) is 42.9 Å². The SMILES string of the molecule is NC1CCCC(Cc2ccc(Cl)cc2F)C1. The summed E-state index contributed by atoms with van der Waals surface area (Å²) < 4.78 is 13.6. The van der Waals surface area contributed by atoms with Crippen molar-refractivity contribution in [3.05, 3.63) is 34.6 Å². The van der Waals surface area contributed by atoms with Crippen LogP contribution in [-0.4, -0.2) is 6.04 Å². The molecule has 16 heavy (non-hydrogen) atoms. The van der Waals surface area contributed by atoms with E-state index in [-0.39, 0.29) is 5.82 Å². The summed E-state index contributed by atoms with van der Waals surface area (Å²) in [5.41, 5.74) is 6.69. The first kappa shape index (κ1) is 11.9. The van der Waals surface area contributed by atoms with E-state index in [2.05, 4.69) is 0 Å². The van der Waals surface area contributed by atoms with Gasteiger partial charge < -0.3 is 5.73 Å². The van der Waals surface area contributed by atoms with Gasteiger partial charge in [-0.3, -0.25) is 0 Å². The molecule has 1 saturated carbocycles. The predicted molar refractivity (Wildman–Crippen MR) is 65.0 cm³/mol. The highest BCUT2D eigenvalue weighted by Crippen LogP contribution is 2.27. The zero-order valence-corrected chi connectivity index (χ0v) is 10.0. The van der Waals surface area contributed by atoms with Crippen LogP contribution in [0.25, 0.3) is 0 Å². The summed E-state index contributed by atoms with van der Waals surface area (Å²) in [7, 11) is 0. The maximum absolute atomic E-state index is 13.6. The molecule has 2 rings (SSSR count). The Morgan fingerprint density at radius 2 is 2.19 bits per heavy atom. The minimum absolute atomic E-state index is 0.188. The van der Waals surface area contributed by atoms with E-state index in [1.165, 1.54) is 12.5 Å². The minimum atomic E-state index is -0.188. The molecule has 88 valence electrons. The number of rotatable bonds is 2. The van der Waals surface area contributed by atoms with Crippen LogP contribution in [0.2, 0.25) is 5.02 Å². The van der Waals surface area contributed by atoms with Crippen LogP contribution in [0.15, 0.2) is 18.2 Å². The van der Waals surface area contributed by atoms with Crippen LogP contribution in [0.3, 0.4) is 0 Å². The summed E-state index contributed by atoms with van der Waals surface area (Å²) in [6, 6.07) is 5.23. The molecule has 3 heteroatoms. The molecule has 1 nitrogen and oxygen atoms in total. The highest BCUT2D eigenvalue weighted by Gasteiger charge is 2.20. The summed E-state index contributed by atoms with van der Waals surface area (Å²) in [5, 5.41) is 0.460. The smallest absolute Gasteiger partial charge is 0.127 e. The minimum Gasteiger partial charge on any atom is -0.328 e. The van der Waals surface area contributed by atoms with Crippen LogP contribution in [0.5, 0.6) is 0 Å². The van der Waals surface area contributed by atoms with Crippen LogP contribution in [-0.2, 0) is 6.42 Å². The zero-order chi connectivity index (χ0) is 11.5. The Kier molecular flexibility index (Phi) is 3.82. The molecule has 2 unspecified atom stereocenters. The molecule has 0 heterocycles. The van der Waals surface area contributed by atoms with Crippen molar-refractivity contribution in [1.82, 2.24) is 0 Å². The quantitative estimate of drug-likeness (QED) is 0.842. The monoisotopic (exact) mass is 241 g/mol. The third-order valence-corrected chi connectivity index (χ3v) is 3.58. The Morgan fingerprint density at radius 1 is 1.38 bits per heavy atom. The summed E-state index contributed by atoms with van der Waals surface area (Å²) >= 11 is 5.72. The number of hydrogen-bond acceptors (Lipinski definition) is 1. The van der Waals surface area contributed by atoms with Gasteiger partial charge in [0.2, 0.25) is 0 Å². The van der Waals surface area contributed by atoms with E-state index >= 15 is 0 Å². The Morgan fingerprint density at radius 3 is 2.88 bits per heavy atom. The first-order valence-electron chi connectivity index (χ1n) is 5.84. The molecule has 2 atom stereocenters. The van der Waals surface area contributed by atoms with E-state index in [0.29, 0.717) is 17.0 Å². The second-order valence-electron chi connectivity index (χ2n) is 4.73. The van der Waals surface area contributed by atoms with Gasteiger partial charge in [0, 0.05) is 11.1 Å². The standard InChI is InChI=1S/C13H17ClFN/c14-11-5-4-10(13(15)8-11)6-9-2-1-3-12(16)7-9/h4-5,8-9,12H,1-3,6-7,16H2. The molecular weight excluding hydrogens is 225 g/mol. The second kappa shape index (κ2) is 5.15. The molecule has 0 radical (unpaired) electrons. The van der Waals surface area contributed by atoms with Gasteiger partial charge in [-0.25, -0.2) is 4.39 Å². The largest absolute Gasteiger partial charge is 0.328 e. The average molecular weight is 242 g/mol. The molecule has 0 aromatic heterocycles. The Hall–Kier alpha value is -0.600. The van der Waals surface area contributed by atoms with E-state index in [0.717, 1.165) is 31.2 Å². The van der Waals surface area contributed by atoms with Gasteiger partial charge in [-0.2, -0.15) is 0 Å². The Labute approximate surface area is 101 Å². The van der Waals surface area contributed by atoms with Gasteiger partial charge >= 0.3 is 0 Å². The van der Waals surface area contributed by atoms with E-state index in [1.54, 1.807) is 12.1 Å². The predicted octanol–water partition coefficient (Wildman–Crippen LogP) is 3.54. The van der Waals surface area contributed by atoms with Crippen molar-refractivity contribution >= 4 is 11.6 Å². The molecule has 1 aliphatic carbocycles. The molecule has 0 saturated heterocycles. The lowest BCUT2D eigenvalue weighted by Crippen LogP contribution is -2.28. The zero-order valence-electron chi connectivity index (χ0n) is 9.26. The molecule has 0 amide bonds. The van der Waals surface area contributed by atoms with Crippen LogP contribution < -0.4 is 5.73 Å². The van der Waals surface area contributed by atoms with Crippen LogP contribution >= 0.6 is 11.6 Å². The lowest BCUT2D eigenvalue weighted by atomic mass is 9.82. The van der Waals surface area contributed by atoms with Crippen LogP contribution in [0, 0.1) is 11.7 Å². The molecule has 1 aromatic carbocycles. The second-order valence-corrected chi connectivity index (χ2v) is 5.17. The fourth-order valence-corrected chi connectivity index (χ4v) is 2.67. The lowest BCUT2D eigenvalue weighted by Gasteiger charge is -2.26. The van der Waals surface area contributed by atoms with E-state index < -0.39 is 0 Å². The van der Waals surface area contributed by atoms with Gasteiger partial charge in [0.25, 0.3) is 0 Å². The summed E-state index contributed by atoms with van der Waals surface area (Å²) in [5.74, 6) is 0.339. The van der Waals surface area contributed by atoms with Gasteiger partial charge in [0.1, 0.15) is 5.82 Å². The summed E-state index contributed by atoms with van der Waals surface area (Å²) in [6.07, 6.45) is 5.25. The number of halogens is 2. The van der Waals surface area contributed by atoms with Crippen LogP contribution in [0.4, 0.5) is 4.39 Å². The fourth-order valence-electron chi connectivity index (χ4n) is 2.52. The Balaban J connectivity index is 2.02. The van der Waals surface area contributed by atoms with Crippen LogP contribution in [0.1, 0.15) is 31.2 Å². The molecule has 0 spiro atoms. The number of hydrogen-bond donors (Lipinski definition) is 1. The Bertz CT molecular complexity index is 367. The van der Waals surface area contributed by atoms with Crippen molar-refractivity contribution < 1.29 is 4.39 Å². The molecule has 1 aliphatic rings. The molecule has 0 bridgehead atoms. The highest BCUT2D eigenvalue weighted by molar-refractivity contribution is 6.30. The van der Waals surface area contributed by atoms with Crippen molar-refractivity contribution in [1.29, 1.82) is 0 Å². The van der Waals surface area contributed by atoms with Gasteiger partial charge in [0.05, 0.1) is 0 Å². The normalized spacial score (nSPS) is 25.7. The molecular formula is C13H17ClFN. The molecule has 1 aromatic rings.